The van der Waals surface area contributed by atoms with Crippen molar-refractivity contribution in [3.63, 3.8) is 0 Å². The van der Waals surface area contributed by atoms with Gasteiger partial charge in [-0.25, -0.2) is 0 Å². The van der Waals surface area contributed by atoms with Crippen LogP contribution in [0.15, 0.2) is 18.2 Å². The third-order valence-electron chi connectivity index (χ3n) is 2.48. The second kappa shape index (κ2) is 7.41. The summed E-state index contributed by atoms with van der Waals surface area (Å²) < 4.78 is 15.0. The van der Waals surface area contributed by atoms with Crippen LogP contribution in [-0.2, 0) is 9.53 Å². The fourth-order valence-corrected chi connectivity index (χ4v) is 1.53. The molecule has 0 heterocycles. The van der Waals surface area contributed by atoms with Crippen molar-refractivity contribution < 1.29 is 23.8 Å². The van der Waals surface area contributed by atoms with E-state index in [-0.39, 0.29) is 12.2 Å². The highest BCUT2D eigenvalue weighted by Gasteiger charge is 2.17. The van der Waals surface area contributed by atoms with Crippen molar-refractivity contribution in [1.29, 1.82) is 0 Å². The minimum atomic E-state index is -0.531. The van der Waals surface area contributed by atoms with Crippen LogP contribution in [0.5, 0.6) is 11.5 Å². The summed E-state index contributed by atoms with van der Waals surface area (Å²) in [5.74, 6) is 0.0637. The Morgan fingerprint density at radius 2 is 1.89 bits per heavy atom. The zero-order valence-corrected chi connectivity index (χ0v) is 11.4. The highest BCUT2D eigenvalue weighted by atomic mass is 16.5. The van der Waals surface area contributed by atoms with Gasteiger partial charge in [-0.1, -0.05) is 6.92 Å². The Labute approximate surface area is 112 Å². The highest BCUT2D eigenvalue weighted by Crippen LogP contribution is 2.25. The van der Waals surface area contributed by atoms with Crippen LogP contribution in [-0.4, -0.2) is 32.6 Å². The quantitative estimate of drug-likeness (QED) is 0.430. The maximum atomic E-state index is 12.0. The number of hydrogen-bond acceptors (Lipinski definition) is 5. The van der Waals surface area contributed by atoms with E-state index >= 15 is 0 Å². The number of esters is 1. The van der Waals surface area contributed by atoms with Crippen molar-refractivity contribution in [1.82, 2.24) is 0 Å². The zero-order chi connectivity index (χ0) is 14.3. The molecule has 5 heteroatoms. The second-order valence-corrected chi connectivity index (χ2v) is 3.89. The number of Topliss-reactive ketones (excluding diaryl/α,β-unsaturated/α-hetero) is 1. The SMILES string of the molecule is CCCOC(=O)CC(=O)c1cc(OC)ccc1OC. The Hall–Kier alpha value is -2.04. The van der Waals surface area contributed by atoms with Gasteiger partial charge in [0.2, 0.25) is 0 Å². The lowest BCUT2D eigenvalue weighted by molar-refractivity contribution is -0.142. The molecule has 5 nitrogen and oxygen atoms in total. The molecule has 0 aliphatic carbocycles. The van der Waals surface area contributed by atoms with Gasteiger partial charge in [0.25, 0.3) is 0 Å². The summed E-state index contributed by atoms with van der Waals surface area (Å²) in [5, 5.41) is 0. The van der Waals surface area contributed by atoms with Gasteiger partial charge < -0.3 is 14.2 Å². The Kier molecular flexibility index (Phi) is 5.85. The Morgan fingerprint density at radius 1 is 1.16 bits per heavy atom. The van der Waals surface area contributed by atoms with Crippen LogP contribution in [0.1, 0.15) is 30.1 Å². The van der Waals surface area contributed by atoms with Crippen LogP contribution in [0.2, 0.25) is 0 Å². The Morgan fingerprint density at radius 3 is 2.47 bits per heavy atom. The summed E-state index contributed by atoms with van der Waals surface area (Å²) in [4.78, 5) is 23.5. The van der Waals surface area contributed by atoms with Crippen molar-refractivity contribution in [2.75, 3.05) is 20.8 Å². The number of carbonyl (C=O) groups excluding carboxylic acids is 2. The predicted octanol–water partition coefficient (Wildman–Crippen LogP) is 2.23. The van der Waals surface area contributed by atoms with Crippen LogP contribution in [0.4, 0.5) is 0 Å². The Bertz CT molecular complexity index is 453. The molecule has 0 unspecified atom stereocenters. The fraction of sp³-hybridized carbons (Fsp3) is 0.429. The summed E-state index contributed by atoms with van der Waals surface area (Å²) in [7, 11) is 2.97. The first-order valence-corrected chi connectivity index (χ1v) is 6.03. The van der Waals surface area contributed by atoms with Crippen LogP contribution >= 0.6 is 0 Å². The summed E-state index contributed by atoms with van der Waals surface area (Å²) >= 11 is 0. The van der Waals surface area contributed by atoms with Crippen molar-refractivity contribution >= 4 is 11.8 Å². The lowest BCUT2D eigenvalue weighted by Gasteiger charge is -2.09. The molecule has 0 bridgehead atoms. The molecule has 0 amide bonds. The molecular weight excluding hydrogens is 248 g/mol. The molecule has 1 aromatic carbocycles. The lowest BCUT2D eigenvalue weighted by Crippen LogP contribution is -2.13. The molecule has 1 rings (SSSR count). The molecule has 0 spiro atoms. The average Bonchev–Trinajstić information content (AvgIpc) is 2.44. The van der Waals surface area contributed by atoms with E-state index in [0.717, 1.165) is 6.42 Å². The molecule has 19 heavy (non-hydrogen) atoms. The normalized spacial score (nSPS) is 9.84. The molecule has 0 saturated heterocycles. The summed E-state index contributed by atoms with van der Waals surface area (Å²) in [6, 6.07) is 4.86. The minimum absolute atomic E-state index is 0.302. The summed E-state index contributed by atoms with van der Waals surface area (Å²) in [6.07, 6.45) is 0.423. The maximum absolute atomic E-state index is 12.0. The number of methoxy groups -OCH3 is 2. The third kappa shape index (κ3) is 4.28. The number of ether oxygens (including phenoxy) is 3. The first-order chi connectivity index (χ1) is 9.12. The van der Waals surface area contributed by atoms with Gasteiger partial charge in [-0.2, -0.15) is 0 Å². The molecule has 1 aromatic rings. The minimum Gasteiger partial charge on any atom is -0.497 e. The lowest BCUT2D eigenvalue weighted by atomic mass is 10.1. The molecule has 0 saturated carbocycles. The molecule has 0 aliphatic rings. The Balaban J connectivity index is 2.82. The molecule has 0 aliphatic heterocycles. The topological polar surface area (TPSA) is 61.8 Å². The number of carbonyl (C=O) groups is 2. The van der Waals surface area contributed by atoms with E-state index in [9.17, 15) is 9.59 Å². The third-order valence-corrected chi connectivity index (χ3v) is 2.48. The van der Waals surface area contributed by atoms with Gasteiger partial charge in [0.05, 0.1) is 26.4 Å². The number of rotatable bonds is 7. The van der Waals surface area contributed by atoms with Gasteiger partial charge in [0, 0.05) is 0 Å². The maximum Gasteiger partial charge on any atom is 0.313 e. The van der Waals surface area contributed by atoms with E-state index in [1.807, 2.05) is 6.92 Å². The van der Waals surface area contributed by atoms with E-state index in [4.69, 9.17) is 14.2 Å². The molecule has 0 radical (unpaired) electrons. The monoisotopic (exact) mass is 266 g/mol. The molecule has 0 atom stereocenters. The highest BCUT2D eigenvalue weighted by molar-refractivity contribution is 6.07. The molecule has 0 aromatic heterocycles. The van der Waals surface area contributed by atoms with Gasteiger partial charge in [-0.15, -0.1) is 0 Å². The second-order valence-electron chi connectivity index (χ2n) is 3.89. The van der Waals surface area contributed by atoms with Gasteiger partial charge in [0.15, 0.2) is 5.78 Å². The van der Waals surface area contributed by atoms with Gasteiger partial charge >= 0.3 is 5.97 Å². The predicted molar refractivity (Wildman–Crippen MR) is 69.7 cm³/mol. The first-order valence-electron chi connectivity index (χ1n) is 6.03. The van der Waals surface area contributed by atoms with Gasteiger partial charge in [-0.3, -0.25) is 9.59 Å². The van der Waals surface area contributed by atoms with Crippen LogP contribution in [0, 0.1) is 0 Å². The van der Waals surface area contributed by atoms with Gasteiger partial charge in [0.1, 0.15) is 17.9 Å². The van der Waals surface area contributed by atoms with Crippen LogP contribution in [0.25, 0.3) is 0 Å². The van der Waals surface area contributed by atoms with Crippen LogP contribution < -0.4 is 9.47 Å². The summed E-state index contributed by atoms with van der Waals surface area (Å²) in [6.45, 7) is 2.21. The fourth-order valence-electron chi connectivity index (χ4n) is 1.53. The van der Waals surface area contributed by atoms with Crippen molar-refractivity contribution in [2.45, 2.75) is 19.8 Å². The zero-order valence-electron chi connectivity index (χ0n) is 11.4. The van der Waals surface area contributed by atoms with Gasteiger partial charge in [-0.05, 0) is 24.6 Å². The number of benzene rings is 1. The van der Waals surface area contributed by atoms with Crippen molar-refractivity contribution in [2.24, 2.45) is 0 Å². The van der Waals surface area contributed by atoms with E-state index in [1.54, 1.807) is 18.2 Å². The summed E-state index contributed by atoms with van der Waals surface area (Å²) in [5.41, 5.74) is 0.315. The largest absolute Gasteiger partial charge is 0.497 e. The van der Waals surface area contributed by atoms with E-state index < -0.39 is 5.97 Å². The number of ketones is 1. The first kappa shape index (κ1) is 15.0. The van der Waals surface area contributed by atoms with E-state index in [1.165, 1.54) is 14.2 Å². The molecular formula is C14H18O5. The van der Waals surface area contributed by atoms with Crippen LogP contribution in [0.3, 0.4) is 0 Å². The number of hydrogen-bond donors (Lipinski definition) is 0. The average molecular weight is 266 g/mol. The van der Waals surface area contributed by atoms with Crippen molar-refractivity contribution in [3.8, 4) is 11.5 Å². The molecule has 0 fully saturated rings. The molecule has 0 N–H and O–H groups in total. The van der Waals surface area contributed by atoms with E-state index in [2.05, 4.69) is 0 Å². The van der Waals surface area contributed by atoms with Crippen molar-refractivity contribution in [3.05, 3.63) is 23.8 Å². The molecule has 104 valence electrons. The van der Waals surface area contributed by atoms with E-state index in [0.29, 0.717) is 23.7 Å². The smallest absolute Gasteiger partial charge is 0.313 e. The standard InChI is InChI=1S/C14H18O5/c1-4-7-19-14(16)9-12(15)11-8-10(17-2)5-6-13(11)18-3/h5-6,8H,4,7,9H2,1-3H3.